The van der Waals surface area contributed by atoms with Crippen LogP contribution >= 0.6 is 0 Å². The van der Waals surface area contributed by atoms with Crippen LogP contribution in [0.15, 0.2) is 0 Å². The molecule has 0 aliphatic heterocycles. The lowest BCUT2D eigenvalue weighted by molar-refractivity contribution is -0.136. The van der Waals surface area contributed by atoms with Gasteiger partial charge in [0.2, 0.25) is 0 Å². The molecular weight excluding hydrogens is 144 g/mol. The standard InChI is InChI=1S/C8H14O3/c1-4-8(2,6-9)7(10)5-11-3/h6H,4-5H2,1-3H3. The van der Waals surface area contributed by atoms with Crippen LogP contribution in [0.5, 0.6) is 0 Å². The lowest BCUT2D eigenvalue weighted by atomic mass is 9.85. The normalized spacial score (nSPS) is 15.5. The van der Waals surface area contributed by atoms with E-state index in [4.69, 9.17) is 0 Å². The Hall–Kier alpha value is -0.700. The number of hydrogen-bond acceptors (Lipinski definition) is 3. The second kappa shape index (κ2) is 4.23. The fourth-order valence-electron chi connectivity index (χ4n) is 0.642. The zero-order chi connectivity index (χ0) is 8.91. The Morgan fingerprint density at radius 1 is 1.64 bits per heavy atom. The van der Waals surface area contributed by atoms with Gasteiger partial charge in [-0.05, 0) is 13.3 Å². The van der Waals surface area contributed by atoms with Crippen LogP contribution in [0.1, 0.15) is 20.3 Å². The van der Waals surface area contributed by atoms with Gasteiger partial charge in [-0.3, -0.25) is 4.79 Å². The summed E-state index contributed by atoms with van der Waals surface area (Å²) in [6.07, 6.45) is 1.22. The molecule has 0 bridgehead atoms. The summed E-state index contributed by atoms with van der Waals surface area (Å²) in [6.45, 7) is 3.45. The number of carbonyl (C=O) groups is 2. The fraction of sp³-hybridized carbons (Fsp3) is 0.750. The predicted molar refractivity (Wildman–Crippen MR) is 41.3 cm³/mol. The molecule has 0 aliphatic rings. The highest BCUT2D eigenvalue weighted by molar-refractivity contribution is 5.98. The van der Waals surface area contributed by atoms with E-state index in [9.17, 15) is 9.59 Å². The van der Waals surface area contributed by atoms with Crippen molar-refractivity contribution in [2.75, 3.05) is 13.7 Å². The Morgan fingerprint density at radius 3 is 2.45 bits per heavy atom. The van der Waals surface area contributed by atoms with Gasteiger partial charge in [0.05, 0.1) is 5.41 Å². The van der Waals surface area contributed by atoms with Crippen LogP contribution in [0.3, 0.4) is 0 Å². The first-order chi connectivity index (χ1) is 5.10. The van der Waals surface area contributed by atoms with E-state index in [0.29, 0.717) is 12.7 Å². The van der Waals surface area contributed by atoms with Crippen molar-refractivity contribution in [3.8, 4) is 0 Å². The molecule has 1 atom stereocenters. The van der Waals surface area contributed by atoms with Crippen LogP contribution in [0.4, 0.5) is 0 Å². The molecule has 0 saturated carbocycles. The number of aldehydes is 1. The van der Waals surface area contributed by atoms with Crippen LogP contribution in [-0.4, -0.2) is 25.8 Å². The van der Waals surface area contributed by atoms with Crippen LogP contribution in [0, 0.1) is 5.41 Å². The highest BCUT2D eigenvalue weighted by Crippen LogP contribution is 2.18. The molecule has 1 unspecified atom stereocenters. The molecule has 0 N–H and O–H groups in total. The van der Waals surface area contributed by atoms with Crippen molar-refractivity contribution in [1.29, 1.82) is 0 Å². The van der Waals surface area contributed by atoms with Gasteiger partial charge in [0.1, 0.15) is 12.9 Å². The van der Waals surface area contributed by atoms with Crippen molar-refractivity contribution < 1.29 is 14.3 Å². The third-order valence-corrected chi connectivity index (χ3v) is 1.91. The molecule has 0 heterocycles. The molecule has 3 heteroatoms. The molecule has 0 fully saturated rings. The number of hydrogen-bond donors (Lipinski definition) is 0. The Morgan fingerprint density at radius 2 is 2.18 bits per heavy atom. The maximum Gasteiger partial charge on any atom is 0.171 e. The van der Waals surface area contributed by atoms with Gasteiger partial charge < -0.3 is 9.53 Å². The van der Waals surface area contributed by atoms with E-state index in [2.05, 4.69) is 4.74 Å². The van der Waals surface area contributed by atoms with Gasteiger partial charge in [-0.1, -0.05) is 6.92 Å². The van der Waals surface area contributed by atoms with Crippen LogP contribution in [0.2, 0.25) is 0 Å². The highest BCUT2D eigenvalue weighted by atomic mass is 16.5. The fourth-order valence-corrected chi connectivity index (χ4v) is 0.642. The molecule has 64 valence electrons. The van der Waals surface area contributed by atoms with Gasteiger partial charge in [0.15, 0.2) is 5.78 Å². The lowest BCUT2D eigenvalue weighted by Gasteiger charge is -2.17. The van der Waals surface area contributed by atoms with E-state index in [1.807, 2.05) is 6.92 Å². The molecular formula is C8H14O3. The minimum absolute atomic E-state index is 0.0169. The molecule has 0 aromatic carbocycles. The number of ether oxygens (including phenoxy) is 1. The Bertz CT molecular complexity index is 153. The number of Topliss-reactive ketones (excluding diaryl/α,β-unsaturated/α-hetero) is 1. The average Bonchev–Trinajstić information content (AvgIpc) is 2.03. The minimum Gasteiger partial charge on any atom is -0.377 e. The highest BCUT2D eigenvalue weighted by Gasteiger charge is 2.29. The lowest BCUT2D eigenvalue weighted by Crippen LogP contribution is -2.31. The van der Waals surface area contributed by atoms with Crippen molar-refractivity contribution >= 4 is 12.1 Å². The Labute approximate surface area is 66.7 Å². The first-order valence-electron chi connectivity index (χ1n) is 3.59. The summed E-state index contributed by atoms with van der Waals surface area (Å²) < 4.78 is 4.65. The molecule has 0 amide bonds. The second-order valence-electron chi connectivity index (χ2n) is 2.75. The SMILES string of the molecule is CCC(C)(C=O)C(=O)COC. The summed E-state index contributed by atoms with van der Waals surface area (Å²) in [5, 5.41) is 0. The number of rotatable bonds is 5. The molecule has 0 rings (SSSR count). The van der Waals surface area contributed by atoms with Crippen LogP contribution < -0.4 is 0 Å². The summed E-state index contributed by atoms with van der Waals surface area (Å²) in [4.78, 5) is 21.7. The molecule has 0 aliphatic carbocycles. The summed E-state index contributed by atoms with van der Waals surface area (Å²) in [7, 11) is 1.44. The van der Waals surface area contributed by atoms with Crippen molar-refractivity contribution in [3.05, 3.63) is 0 Å². The minimum atomic E-state index is -0.851. The van der Waals surface area contributed by atoms with Gasteiger partial charge in [0.25, 0.3) is 0 Å². The zero-order valence-electron chi connectivity index (χ0n) is 7.22. The summed E-state index contributed by atoms with van der Waals surface area (Å²) in [6, 6.07) is 0. The second-order valence-corrected chi connectivity index (χ2v) is 2.75. The summed E-state index contributed by atoms with van der Waals surface area (Å²) in [5.74, 6) is -0.155. The van der Waals surface area contributed by atoms with Crippen LogP contribution in [-0.2, 0) is 14.3 Å². The molecule has 0 saturated heterocycles. The third kappa shape index (κ3) is 2.42. The first-order valence-corrected chi connectivity index (χ1v) is 3.59. The molecule has 0 aromatic heterocycles. The summed E-state index contributed by atoms with van der Waals surface area (Å²) in [5.41, 5.74) is -0.851. The largest absolute Gasteiger partial charge is 0.377 e. The maximum atomic E-state index is 11.2. The molecule has 3 nitrogen and oxygen atoms in total. The van der Waals surface area contributed by atoms with Gasteiger partial charge >= 0.3 is 0 Å². The average molecular weight is 158 g/mol. The van der Waals surface area contributed by atoms with Gasteiger partial charge in [-0.15, -0.1) is 0 Å². The van der Waals surface area contributed by atoms with Gasteiger partial charge in [-0.25, -0.2) is 0 Å². The molecule has 0 aromatic rings. The van der Waals surface area contributed by atoms with Gasteiger partial charge in [-0.2, -0.15) is 0 Å². The quantitative estimate of drug-likeness (QED) is 0.439. The molecule has 0 radical (unpaired) electrons. The zero-order valence-corrected chi connectivity index (χ0v) is 7.22. The van der Waals surface area contributed by atoms with E-state index < -0.39 is 5.41 Å². The number of methoxy groups -OCH3 is 1. The predicted octanol–water partition coefficient (Wildman–Crippen LogP) is 0.817. The van der Waals surface area contributed by atoms with E-state index in [0.717, 1.165) is 0 Å². The number of carbonyl (C=O) groups excluding carboxylic acids is 2. The van der Waals surface area contributed by atoms with Crippen molar-refractivity contribution in [1.82, 2.24) is 0 Å². The van der Waals surface area contributed by atoms with E-state index in [-0.39, 0.29) is 12.4 Å². The Kier molecular flexibility index (Phi) is 3.97. The van der Waals surface area contributed by atoms with E-state index in [1.165, 1.54) is 7.11 Å². The number of ketones is 1. The van der Waals surface area contributed by atoms with E-state index >= 15 is 0 Å². The monoisotopic (exact) mass is 158 g/mol. The maximum absolute atomic E-state index is 11.2. The molecule has 0 spiro atoms. The van der Waals surface area contributed by atoms with Gasteiger partial charge in [0, 0.05) is 7.11 Å². The topological polar surface area (TPSA) is 43.4 Å². The smallest absolute Gasteiger partial charge is 0.171 e. The Balaban J connectivity index is 4.24. The first kappa shape index (κ1) is 10.3. The van der Waals surface area contributed by atoms with Crippen molar-refractivity contribution in [3.63, 3.8) is 0 Å². The van der Waals surface area contributed by atoms with E-state index in [1.54, 1.807) is 6.92 Å². The van der Waals surface area contributed by atoms with Crippen molar-refractivity contribution in [2.45, 2.75) is 20.3 Å². The summed E-state index contributed by atoms with van der Waals surface area (Å²) >= 11 is 0. The van der Waals surface area contributed by atoms with Crippen molar-refractivity contribution in [2.24, 2.45) is 5.41 Å². The third-order valence-electron chi connectivity index (χ3n) is 1.91. The van der Waals surface area contributed by atoms with Crippen LogP contribution in [0.25, 0.3) is 0 Å². The molecule has 11 heavy (non-hydrogen) atoms.